The molecule has 0 aromatic heterocycles. The summed E-state index contributed by atoms with van der Waals surface area (Å²) in [5.74, 6) is -2.62. The van der Waals surface area contributed by atoms with Crippen LogP contribution in [0.15, 0.2) is 24.3 Å². The van der Waals surface area contributed by atoms with Crippen LogP contribution in [0, 0.1) is 0 Å². The van der Waals surface area contributed by atoms with Crippen LogP contribution in [0.5, 0.6) is 17.2 Å². The second-order valence-corrected chi connectivity index (χ2v) is 9.13. The van der Waals surface area contributed by atoms with Crippen molar-refractivity contribution in [2.45, 2.75) is 38.4 Å². The van der Waals surface area contributed by atoms with E-state index in [1.54, 1.807) is 0 Å². The maximum atomic E-state index is 13.4. The van der Waals surface area contributed by atoms with Crippen molar-refractivity contribution in [3.8, 4) is 17.2 Å². The first-order valence-electron chi connectivity index (χ1n) is 11.5. The minimum absolute atomic E-state index is 0.00787. The lowest BCUT2D eigenvalue weighted by molar-refractivity contribution is -0.142. The molecule has 1 saturated heterocycles. The number of methoxy groups -OCH3 is 2. The Bertz CT molecular complexity index is 1250. The van der Waals surface area contributed by atoms with Gasteiger partial charge in [0.15, 0.2) is 11.5 Å². The van der Waals surface area contributed by atoms with Gasteiger partial charge in [0, 0.05) is 24.5 Å². The predicted molar refractivity (Wildman–Crippen MR) is 131 cm³/mol. The van der Waals surface area contributed by atoms with Gasteiger partial charge in [-0.3, -0.25) is 14.5 Å². The predicted octanol–water partition coefficient (Wildman–Crippen LogP) is 5.15. The first kappa shape index (κ1) is 29.2. The Labute approximate surface area is 222 Å². The quantitative estimate of drug-likeness (QED) is 0.250. The fourth-order valence-electron chi connectivity index (χ4n) is 4.60. The Morgan fingerprint density at radius 1 is 1.11 bits per heavy atom. The van der Waals surface area contributed by atoms with Crippen molar-refractivity contribution in [2.24, 2.45) is 0 Å². The van der Waals surface area contributed by atoms with Crippen LogP contribution < -0.4 is 14.2 Å². The van der Waals surface area contributed by atoms with Crippen molar-refractivity contribution < 1.29 is 46.5 Å². The monoisotopic (exact) mass is 557 g/mol. The Morgan fingerprint density at radius 2 is 1.76 bits per heavy atom. The number of esters is 2. The van der Waals surface area contributed by atoms with Gasteiger partial charge in [0.2, 0.25) is 0 Å². The van der Waals surface area contributed by atoms with E-state index in [0.29, 0.717) is 18.5 Å². The minimum Gasteiger partial charge on any atom is -0.496 e. The number of alkyl halides is 3. The van der Waals surface area contributed by atoms with Gasteiger partial charge in [-0.25, -0.2) is 4.79 Å². The number of likely N-dealkylation sites (tertiary alicyclic amines) is 1. The molecule has 8 nitrogen and oxygen atoms in total. The molecule has 0 saturated carbocycles. The number of halogens is 4. The highest BCUT2D eigenvalue weighted by Crippen LogP contribution is 2.48. The van der Waals surface area contributed by atoms with Crippen LogP contribution in [0.1, 0.15) is 58.0 Å². The maximum absolute atomic E-state index is 13.4. The molecule has 2 aromatic carbocycles. The van der Waals surface area contributed by atoms with Gasteiger partial charge < -0.3 is 18.9 Å². The molecule has 2 atom stereocenters. The highest BCUT2D eigenvalue weighted by Gasteiger charge is 2.40. The highest BCUT2D eigenvalue weighted by atomic mass is 35.5. The van der Waals surface area contributed by atoms with Crippen molar-refractivity contribution in [3.05, 3.63) is 51.5 Å². The number of carbonyl (C=O) groups excluding carboxylic acids is 3. The zero-order valence-electron chi connectivity index (χ0n) is 21.4. The van der Waals surface area contributed by atoms with Gasteiger partial charge in [-0.1, -0.05) is 17.7 Å². The number of hydrogen-bond donors (Lipinski definition) is 0. The largest absolute Gasteiger partial charge is 0.496 e. The lowest BCUT2D eigenvalue weighted by Gasteiger charge is -2.28. The van der Waals surface area contributed by atoms with E-state index in [0.717, 1.165) is 18.2 Å². The molecular weight excluding hydrogens is 531 g/mol. The molecule has 0 spiro atoms. The molecule has 2 aromatic rings. The zero-order chi connectivity index (χ0) is 28.4. The van der Waals surface area contributed by atoms with E-state index in [-0.39, 0.29) is 35.5 Å². The summed E-state index contributed by atoms with van der Waals surface area (Å²) in [4.78, 5) is 39.5. The summed E-state index contributed by atoms with van der Waals surface area (Å²) in [6, 6.07) is 3.97. The molecule has 1 aliphatic rings. The molecule has 0 unspecified atom stereocenters. The van der Waals surface area contributed by atoms with E-state index in [1.165, 1.54) is 34.1 Å². The lowest BCUT2D eigenvalue weighted by atomic mass is 9.87. The van der Waals surface area contributed by atoms with Gasteiger partial charge in [-0.2, -0.15) is 13.2 Å². The lowest BCUT2D eigenvalue weighted by Crippen LogP contribution is -2.34. The molecule has 38 heavy (non-hydrogen) atoms. The van der Waals surface area contributed by atoms with Gasteiger partial charge >= 0.3 is 18.1 Å². The summed E-state index contributed by atoms with van der Waals surface area (Å²) >= 11 is 5.96. The van der Waals surface area contributed by atoms with Crippen molar-refractivity contribution in [2.75, 3.05) is 34.4 Å². The first-order valence-corrected chi connectivity index (χ1v) is 11.9. The van der Waals surface area contributed by atoms with E-state index in [4.69, 9.17) is 30.5 Å². The summed E-state index contributed by atoms with van der Waals surface area (Å²) in [5.41, 5.74) is -1.52. The number of ether oxygens (including phenoxy) is 4. The second kappa shape index (κ2) is 11.6. The van der Waals surface area contributed by atoms with Crippen LogP contribution in [0.25, 0.3) is 0 Å². The Hall–Kier alpha value is -3.31. The van der Waals surface area contributed by atoms with E-state index in [2.05, 4.69) is 0 Å². The fourth-order valence-corrected chi connectivity index (χ4v) is 4.91. The van der Waals surface area contributed by atoms with Crippen LogP contribution in [-0.2, 0) is 15.7 Å². The second-order valence-electron chi connectivity index (χ2n) is 8.76. The van der Waals surface area contributed by atoms with E-state index in [9.17, 15) is 27.6 Å². The number of ketones is 1. The van der Waals surface area contributed by atoms with E-state index < -0.39 is 46.0 Å². The molecule has 0 bridgehead atoms. The molecule has 1 aliphatic heterocycles. The summed E-state index contributed by atoms with van der Waals surface area (Å²) < 4.78 is 62.1. The number of nitrogens with zero attached hydrogens (tertiary/aromatic N) is 1. The number of hydrogen-bond acceptors (Lipinski definition) is 8. The van der Waals surface area contributed by atoms with E-state index in [1.807, 2.05) is 11.9 Å². The summed E-state index contributed by atoms with van der Waals surface area (Å²) in [7, 11) is 4.51. The van der Waals surface area contributed by atoms with Gasteiger partial charge in [-0.05, 0) is 39.1 Å². The normalized spacial score (nSPS) is 17.7. The molecule has 0 N–H and O–H groups in total. The van der Waals surface area contributed by atoms with Crippen molar-refractivity contribution in [1.82, 2.24) is 4.90 Å². The van der Waals surface area contributed by atoms with Crippen LogP contribution in [0.4, 0.5) is 13.2 Å². The summed E-state index contributed by atoms with van der Waals surface area (Å²) in [6.07, 6.45) is -4.29. The molecule has 206 valence electrons. The van der Waals surface area contributed by atoms with Gasteiger partial charge in [0.1, 0.15) is 23.7 Å². The third-order valence-electron chi connectivity index (χ3n) is 6.41. The molecule has 12 heteroatoms. The minimum atomic E-state index is -4.80. The topological polar surface area (TPSA) is 91.4 Å². The average molecular weight is 558 g/mol. The third-order valence-corrected chi connectivity index (χ3v) is 6.82. The van der Waals surface area contributed by atoms with Crippen LogP contribution in [0.3, 0.4) is 0 Å². The fraction of sp³-hybridized carbons (Fsp3) is 0.423. The molecule has 0 radical (unpaired) electrons. The van der Waals surface area contributed by atoms with Crippen LogP contribution in [0.2, 0.25) is 5.02 Å². The van der Waals surface area contributed by atoms with Gasteiger partial charge in [0.05, 0.1) is 36.4 Å². The number of Topliss-reactive ketones (excluding diaryl/α,β-unsaturated/α-hetero) is 1. The Morgan fingerprint density at radius 3 is 2.32 bits per heavy atom. The molecule has 0 amide bonds. The first-order chi connectivity index (χ1) is 17.8. The van der Waals surface area contributed by atoms with Crippen molar-refractivity contribution in [1.29, 1.82) is 0 Å². The number of benzene rings is 2. The number of rotatable bonds is 8. The van der Waals surface area contributed by atoms with Gasteiger partial charge in [0.25, 0.3) is 0 Å². The smallest absolute Gasteiger partial charge is 0.417 e. The van der Waals surface area contributed by atoms with Crippen LogP contribution in [-0.4, -0.2) is 63.1 Å². The number of likely N-dealkylation sites (N-methyl/N-ethyl adjacent to an activating group) is 1. The zero-order valence-corrected chi connectivity index (χ0v) is 22.2. The Balaban J connectivity index is 2.22. The Kier molecular flexibility index (Phi) is 8.94. The average Bonchev–Trinajstić information content (AvgIpc) is 3.20. The summed E-state index contributed by atoms with van der Waals surface area (Å²) in [6.45, 7) is 3.10. The summed E-state index contributed by atoms with van der Waals surface area (Å²) in [5, 5.41) is -0.834. The van der Waals surface area contributed by atoms with Gasteiger partial charge in [-0.15, -0.1) is 0 Å². The van der Waals surface area contributed by atoms with E-state index >= 15 is 0 Å². The van der Waals surface area contributed by atoms with Crippen molar-refractivity contribution in [3.63, 3.8) is 0 Å². The molecule has 0 aliphatic carbocycles. The van der Waals surface area contributed by atoms with Crippen molar-refractivity contribution >= 4 is 29.3 Å². The number of carbonyl (C=O) groups is 3. The van der Waals surface area contributed by atoms with Crippen LogP contribution >= 0.6 is 11.6 Å². The molecule has 1 fully saturated rings. The third kappa shape index (κ3) is 5.88. The molecule has 1 heterocycles. The maximum Gasteiger partial charge on any atom is 0.417 e. The highest BCUT2D eigenvalue weighted by molar-refractivity contribution is 6.34. The molecular formula is C26H27ClF3NO7. The molecule has 3 rings (SSSR count). The SMILES string of the molecule is COc1cc(OC)c([C@@H]2CCN(C)[C@H]2COC(C)=O)c(OC(=O)c2cccc(C(F)(F)F)c2Cl)c1C(C)=O. The standard InChI is InChI=1S/C26H27ClF3NO7/c1-13(32)21-19(35-4)11-20(36-5)22(15-9-10-31(3)18(15)12-37-14(2)33)24(21)38-25(34)16-7-6-8-17(23(16)27)26(28,29)30/h6-8,11,15,18H,9-10,12H2,1-5H3/t15-,18+/m1/s1.